The molecule has 1 aromatic carbocycles. The smallest absolute Gasteiger partial charge is 0.263 e. The Labute approximate surface area is 88.4 Å². The maximum absolute atomic E-state index is 12.0. The summed E-state index contributed by atoms with van der Waals surface area (Å²) in [5.41, 5.74) is 1.83. The summed E-state index contributed by atoms with van der Waals surface area (Å²) in [6.45, 7) is 3.81. The molecule has 76 valence electrons. The highest BCUT2D eigenvalue weighted by atomic mass is 16.2. The fourth-order valence-corrected chi connectivity index (χ4v) is 1.43. The van der Waals surface area contributed by atoms with Gasteiger partial charge in [-0.15, -0.1) is 0 Å². The minimum Gasteiger partial charge on any atom is -0.270 e. The highest BCUT2D eigenvalue weighted by molar-refractivity contribution is 5.96. The van der Waals surface area contributed by atoms with Gasteiger partial charge in [0.05, 0.1) is 0 Å². The van der Waals surface area contributed by atoms with Crippen LogP contribution in [0.3, 0.4) is 0 Å². The van der Waals surface area contributed by atoms with Crippen LogP contribution >= 0.6 is 0 Å². The molecular weight excluding hydrogens is 188 g/mol. The first kappa shape index (κ1) is 9.65. The third-order valence-corrected chi connectivity index (χ3v) is 2.34. The van der Waals surface area contributed by atoms with Crippen LogP contribution in [0.5, 0.6) is 0 Å². The summed E-state index contributed by atoms with van der Waals surface area (Å²) in [5, 5.41) is 0. The van der Waals surface area contributed by atoms with Crippen LogP contribution in [0.1, 0.15) is 21.7 Å². The van der Waals surface area contributed by atoms with E-state index in [0.29, 0.717) is 11.4 Å². The molecule has 0 aliphatic rings. The zero-order valence-electron chi connectivity index (χ0n) is 8.77. The number of hydrogen-bond donors (Lipinski definition) is 0. The molecule has 0 unspecified atom stereocenters. The van der Waals surface area contributed by atoms with Gasteiger partial charge >= 0.3 is 0 Å². The average molecular weight is 200 g/mol. The van der Waals surface area contributed by atoms with Gasteiger partial charge in [-0.05, 0) is 26.0 Å². The van der Waals surface area contributed by atoms with E-state index in [4.69, 9.17) is 0 Å². The standard InChI is InChI=1S/C12H12N2O/c1-9-3-5-11(6-4-9)12(15)14-8-7-13-10(14)2/h3-8H,1-2H3. The molecule has 0 amide bonds. The number of nitrogens with zero attached hydrogens (tertiary/aromatic N) is 2. The van der Waals surface area contributed by atoms with Crippen molar-refractivity contribution in [2.24, 2.45) is 0 Å². The maximum atomic E-state index is 12.0. The molecule has 1 heterocycles. The molecule has 0 fully saturated rings. The first-order valence-electron chi connectivity index (χ1n) is 4.80. The number of imidazole rings is 1. The summed E-state index contributed by atoms with van der Waals surface area (Å²) in [7, 11) is 0. The first-order valence-corrected chi connectivity index (χ1v) is 4.80. The van der Waals surface area contributed by atoms with Crippen molar-refractivity contribution in [1.82, 2.24) is 9.55 Å². The van der Waals surface area contributed by atoms with Crippen LogP contribution in [0.25, 0.3) is 0 Å². The zero-order chi connectivity index (χ0) is 10.8. The molecule has 15 heavy (non-hydrogen) atoms. The van der Waals surface area contributed by atoms with Gasteiger partial charge in [0.2, 0.25) is 0 Å². The van der Waals surface area contributed by atoms with Crippen molar-refractivity contribution in [3.05, 3.63) is 53.6 Å². The van der Waals surface area contributed by atoms with Crippen molar-refractivity contribution >= 4 is 5.91 Å². The van der Waals surface area contributed by atoms with Crippen molar-refractivity contribution in [3.63, 3.8) is 0 Å². The Morgan fingerprint density at radius 1 is 1.20 bits per heavy atom. The molecular formula is C12H12N2O. The van der Waals surface area contributed by atoms with Gasteiger partial charge in [0.1, 0.15) is 5.82 Å². The number of aromatic nitrogens is 2. The van der Waals surface area contributed by atoms with E-state index in [1.54, 1.807) is 17.0 Å². The third-order valence-electron chi connectivity index (χ3n) is 2.34. The van der Waals surface area contributed by atoms with Crippen LogP contribution in [0.15, 0.2) is 36.7 Å². The predicted octanol–water partition coefficient (Wildman–Crippen LogP) is 2.19. The van der Waals surface area contributed by atoms with Gasteiger partial charge in [-0.1, -0.05) is 17.7 Å². The fraction of sp³-hybridized carbons (Fsp3) is 0.167. The minimum absolute atomic E-state index is 0.0370. The highest BCUT2D eigenvalue weighted by Gasteiger charge is 2.09. The van der Waals surface area contributed by atoms with Crippen molar-refractivity contribution in [1.29, 1.82) is 0 Å². The average Bonchev–Trinajstić information content (AvgIpc) is 2.65. The van der Waals surface area contributed by atoms with E-state index in [1.165, 1.54) is 0 Å². The second kappa shape index (κ2) is 3.69. The van der Waals surface area contributed by atoms with Crippen LogP contribution < -0.4 is 0 Å². The molecule has 3 heteroatoms. The van der Waals surface area contributed by atoms with Gasteiger partial charge in [-0.2, -0.15) is 0 Å². The van der Waals surface area contributed by atoms with Crippen LogP contribution in [0.2, 0.25) is 0 Å². The lowest BCUT2D eigenvalue weighted by Crippen LogP contribution is -2.12. The van der Waals surface area contributed by atoms with Gasteiger partial charge < -0.3 is 0 Å². The van der Waals surface area contributed by atoms with E-state index in [1.807, 2.05) is 38.1 Å². The molecule has 0 N–H and O–H groups in total. The van der Waals surface area contributed by atoms with Crippen LogP contribution in [-0.4, -0.2) is 15.5 Å². The topological polar surface area (TPSA) is 34.9 Å². The monoisotopic (exact) mass is 200 g/mol. The number of benzene rings is 1. The zero-order valence-corrected chi connectivity index (χ0v) is 8.77. The molecule has 0 saturated heterocycles. The maximum Gasteiger partial charge on any atom is 0.263 e. The van der Waals surface area contributed by atoms with Gasteiger partial charge in [0.15, 0.2) is 0 Å². The Bertz CT molecular complexity index is 483. The SMILES string of the molecule is Cc1ccc(C(=O)n2ccnc2C)cc1. The molecule has 0 spiro atoms. The van der Waals surface area contributed by atoms with Crippen LogP contribution in [-0.2, 0) is 0 Å². The number of carbonyl (C=O) groups excluding carboxylic acids is 1. The molecule has 3 nitrogen and oxygen atoms in total. The Morgan fingerprint density at radius 3 is 2.40 bits per heavy atom. The van der Waals surface area contributed by atoms with Gasteiger partial charge in [-0.25, -0.2) is 4.98 Å². The number of aryl methyl sites for hydroxylation is 2. The Balaban J connectivity index is 2.37. The molecule has 0 bridgehead atoms. The van der Waals surface area contributed by atoms with Crippen LogP contribution in [0, 0.1) is 13.8 Å². The molecule has 0 atom stereocenters. The van der Waals surface area contributed by atoms with Gasteiger partial charge in [0, 0.05) is 18.0 Å². The molecule has 2 aromatic rings. The Morgan fingerprint density at radius 2 is 1.87 bits per heavy atom. The van der Waals surface area contributed by atoms with E-state index < -0.39 is 0 Å². The second-order valence-electron chi connectivity index (χ2n) is 3.52. The fourth-order valence-electron chi connectivity index (χ4n) is 1.43. The van der Waals surface area contributed by atoms with Gasteiger partial charge in [0.25, 0.3) is 5.91 Å². The van der Waals surface area contributed by atoms with Crippen molar-refractivity contribution in [2.75, 3.05) is 0 Å². The molecule has 0 radical (unpaired) electrons. The van der Waals surface area contributed by atoms with Crippen LogP contribution in [0.4, 0.5) is 0 Å². The van der Waals surface area contributed by atoms with E-state index in [-0.39, 0.29) is 5.91 Å². The first-order chi connectivity index (χ1) is 7.18. The second-order valence-corrected chi connectivity index (χ2v) is 3.52. The van der Waals surface area contributed by atoms with E-state index in [0.717, 1.165) is 5.56 Å². The molecule has 2 rings (SSSR count). The summed E-state index contributed by atoms with van der Waals surface area (Å²) in [6, 6.07) is 7.52. The highest BCUT2D eigenvalue weighted by Crippen LogP contribution is 2.07. The lowest BCUT2D eigenvalue weighted by molar-refractivity contribution is 0.0957. The number of carbonyl (C=O) groups is 1. The molecule has 0 saturated carbocycles. The lowest BCUT2D eigenvalue weighted by Gasteiger charge is -2.03. The van der Waals surface area contributed by atoms with E-state index >= 15 is 0 Å². The van der Waals surface area contributed by atoms with Crippen molar-refractivity contribution in [2.45, 2.75) is 13.8 Å². The summed E-state index contributed by atoms with van der Waals surface area (Å²) in [5.74, 6) is 0.672. The van der Waals surface area contributed by atoms with Crippen molar-refractivity contribution < 1.29 is 4.79 Å². The van der Waals surface area contributed by atoms with Gasteiger partial charge in [-0.3, -0.25) is 9.36 Å². The summed E-state index contributed by atoms with van der Waals surface area (Å²) < 4.78 is 1.55. The summed E-state index contributed by atoms with van der Waals surface area (Å²) in [6.07, 6.45) is 3.30. The molecule has 0 aliphatic carbocycles. The third kappa shape index (κ3) is 1.81. The normalized spacial score (nSPS) is 10.3. The summed E-state index contributed by atoms with van der Waals surface area (Å²) in [4.78, 5) is 16.0. The number of hydrogen-bond acceptors (Lipinski definition) is 2. The van der Waals surface area contributed by atoms with E-state index in [9.17, 15) is 4.79 Å². The lowest BCUT2D eigenvalue weighted by atomic mass is 10.1. The number of rotatable bonds is 1. The largest absolute Gasteiger partial charge is 0.270 e. The Kier molecular flexibility index (Phi) is 2.37. The predicted molar refractivity (Wildman–Crippen MR) is 57.9 cm³/mol. The molecule has 0 aliphatic heterocycles. The van der Waals surface area contributed by atoms with Crippen molar-refractivity contribution in [3.8, 4) is 0 Å². The van der Waals surface area contributed by atoms with E-state index in [2.05, 4.69) is 4.98 Å². The summed E-state index contributed by atoms with van der Waals surface area (Å²) >= 11 is 0. The Hall–Kier alpha value is -1.90. The quantitative estimate of drug-likeness (QED) is 0.707. The minimum atomic E-state index is -0.0370. The molecule has 1 aromatic heterocycles.